The van der Waals surface area contributed by atoms with Crippen LogP contribution >= 0.6 is 0 Å². The minimum absolute atomic E-state index is 0.204. The van der Waals surface area contributed by atoms with Crippen LogP contribution in [0.3, 0.4) is 0 Å². The average Bonchev–Trinajstić information content (AvgIpc) is 2.44. The highest BCUT2D eigenvalue weighted by atomic mass is 32.2. The third kappa shape index (κ3) is 3.92. The van der Waals surface area contributed by atoms with Gasteiger partial charge in [-0.3, -0.25) is 0 Å². The topological polar surface area (TPSA) is 74.7 Å². The smallest absolute Gasteiger partial charge is 0.328 e. The molecule has 0 aromatic heterocycles. The van der Waals surface area contributed by atoms with Crippen molar-refractivity contribution in [2.75, 3.05) is 12.3 Å². The van der Waals surface area contributed by atoms with Crippen molar-refractivity contribution in [2.24, 2.45) is 0 Å². The van der Waals surface area contributed by atoms with Crippen molar-refractivity contribution < 1.29 is 18.3 Å². The van der Waals surface area contributed by atoms with Crippen LogP contribution in [-0.4, -0.2) is 36.1 Å². The molecule has 1 N–H and O–H groups in total. The first kappa shape index (κ1) is 15.7. The Balaban J connectivity index is 2.25. The number of nitrogens with zero attached hydrogens (tertiary/aromatic N) is 1. The lowest BCUT2D eigenvalue weighted by Crippen LogP contribution is -2.39. The summed E-state index contributed by atoms with van der Waals surface area (Å²) in [4.78, 5) is 10.5. The lowest BCUT2D eigenvalue weighted by atomic mass is 10.0. The molecule has 2 rings (SSSR count). The quantitative estimate of drug-likeness (QED) is 0.866. The maximum atomic E-state index is 12.1. The van der Waals surface area contributed by atoms with Crippen LogP contribution < -0.4 is 0 Å². The highest BCUT2D eigenvalue weighted by molar-refractivity contribution is 7.89. The van der Waals surface area contributed by atoms with Gasteiger partial charge in [-0.2, -0.15) is 4.31 Å². The fraction of sp³-hybridized carbons (Fsp3) is 0.400. The van der Waals surface area contributed by atoms with E-state index in [4.69, 9.17) is 5.11 Å². The first-order valence-corrected chi connectivity index (χ1v) is 8.51. The van der Waals surface area contributed by atoms with E-state index >= 15 is 0 Å². The number of carboxylic acid groups (broad SMARTS) is 1. The van der Waals surface area contributed by atoms with Gasteiger partial charge in [-0.25, -0.2) is 13.2 Å². The summed E-state index contributed by atoms with van der Waals surface area (Å²) in [7, 11) is -3.19. The third-order valence-electron chi connectivity index (χ3n) is 3.63. The lowest BCUT2D eigenvalue weighted by Gasteiger charge is -2.32. The summed E-state index contributed by atoms with van der Waals surface area (Å²) >= 11 is 0. The van der Waals surface area contributed by atoms with E-state index in [1.165, 1.54) is 10.4 Å². The SMILES string of the molecule is CC(c1cccc(/C=C/C(=O)O)c1)N1CCCCS1(=O)=O. The monoisotopic (exact) mass is 309 g/mol. The van der Waals surface area contributed by atoms with Crippen LogP contribution in [-0.2, 0) is 14.8 Å². The van der Waals surface area contributed by atoms with Gasteiger partial charge in [-0.15, -0.1) is 0 Å². The van der Waals surface area contributed by atoms with E-state index in [1.54, 1.807) is 6.07 Å². The molecule has 114 valence electrons. The molecule has 6 heteroatoms. The molecule has 0 spiro atoms. The van der Waals surface area contributed by atoms with Gasteiger partial charge < -0.3 is 5.11 Å². The van der Waals surface area contributed by atoms with Crippen LogP contribution in [0, 0.1) is 0 Å². The molecule has 1 saturated heterocycles. The van der Waals surface area contributed by atoms with Crippen LogP contribution in [0.5, 0.6) is 0 Å². The van der Waals surface area contributed by atoms with Gasteiger partial charge in [0, 0.05) is 18.7 Å². The van der Waals surface area contributed by atoms with E-state index in [1.807, 2.05) is 25.1 Å². The second-order valence-corrected chi connectivity index (χ2v) is 7.19. The standard InChI is InChI=1S/C15H19NO4S/c1-12(16-9-2-3-10-21(16,19)20)14-6-4-5-13(11-14)7-8-15(17)18/h4-8,11-12H,2-3,9-10H2,1H3,(H,17,18)/b8-7+. The first-order chi connectivity index (χ1) is 9.90. The molecule has 0 saturated carbocycles. The van der Waals surface area contributed by atoms with Gasteiger partial charge in [0.1, 0.15) is 0 Å². The molecule has 1 aromatic rings. The van der Waals surface area contributed by atoms with Gasteiger partial charge >= 0.3 is 5.97 Å². The van der Waals surface area contributed by atoms with Crippen molar-refractivity contribution in [2.45, 2.75) is 25.8 Å². The predicted octanol–water partition coefficient (Wildman–Crippen LogP) is 2.27. The summed E-state index contributed by atoms with van der Waals surface area (Å²) < 4.78 is 25.8. The van der Waals surface area contributed by atoms with Gasteiger partial charge in [0.15, 0.2) is 0 Å². The molecule has 1 aromatic carbocycles. The highest BCUT2D eigenvalue weighted by Crippen LogP contribution is 2.27. The van der Waals surface area contributed by atoms with Crippen molar-refractivity contribution >= 4 is 22.1 Å². The molecule has 1 atom stereocenters. The molecule has 0 radical (unpaired) electrons. The van der Waals surface area contributed by atoms with Gasteiger partial charge in [0.25, 0.3) is 0 Å². The van der Waals surface area contributed by atoms with E-state index in [-0.39, 0.29) is 11.8 Å². The van der Waals surface area contributed by atoms with Gasteiger partial charge in [0.05, 0.1) is 5.75 Å². The van der Waals surface area contributed by atoms with Gasteiger partial charge in [0.2, 0.25) is 10.0 Å². The van der Waals surface area contributed by atoms with Crippen LogP contribution in [0.2, 0.25) is 0 Å². The fourth-order valence-corrected chi connectivity index (χ4v) is 4.31. The lowest BCUT2D eigenvalue weighted by molar-refractivity contribution is -0.131. The Morgan fingerprint density at radius 3 is 2.81 bits per heavy atom. The van der Waals surface area contributed by atoms with Crippen LogP contribution in [0.15, 0.2) is 30.3 Å². The van der Waals surface area contributed by atoms with Gasteiger partial charge in [-0.05, 0) is 37.0 Å². The number of sulfonamides is 1. The maximum Gasteiger partial charge on any atom is 0.328 e. The number of benzene rings is 1. The van der Waals surface area contributed by atoms with E-state index in [2.05, 4.69) is 0 Å². The molecule has 21 heavy (non-hydrogen) atoms. The number of carbonyl (C=O) groups is 1. The number of aliphatic carboxylic acids is 1. The molecule has 5 nitrogen and oxygen atoms in total. The molecule has 1 fully saturated rings. The number of carboxylic acids is 1. The minimum Gasteiger partial charge on any atom is -0.478 e. The van der Waals surface area contributed by atoms with Crippen molar-refractivity contribution in [1.29, 1.82) is 0 Å². The van der Waals surface area contributed by atoms with Crippen molar-refractivity contribution in [3.05, 3.63) is 41.5 Å². The largest absolute Gasteiger partial charge is 0.478 e. The normalized spacial score (nSPS) is 20.4. The Morgan fingerprint density at radius 1 is 1.38 bits per heavy atom. The Bertz CT molecular complexity index is 651. The molecule has 1 aliphatic heterocycles. The van der Waals surface area contributed by atoms with Crippen LogP contribution in [0.25, 0.3) is 6.08 Å². The average molecular weight is 309 g/mol. The summed E-state index contributed by atoms with van der Waals surface area (Å²) in [6.45, 7) is 2.40. The zero-order chi connectivity index (χ0) is 15.5. The molecule has 0 aliphatic carbocycles. The highest BCUT2D eigenvalue weighted by Gasteiger charge is 2.30. The molecule has 0 amide bonds. The number of hydrogen-bond donors (Lipinski definition) is 1. The Hall–Kier alpha value is -1.66. The van der Waals surface area contributed by atoms with E-state index < -0.39 is 16.0 Å². The van der Waals surface area contributed by atoms with E-state index in [0.29, 0.717) is 13.0 Å². The minimum atomic E-state index is -3.19. The summed E-state index contributed by atoms with van der Waals surface area (Å²) in [5.74, 6) is -0.803. The Morgan fingerprint density at radius 2 is 2.14 bits per heavy atom. The summed E-state index contributed by atoms with van der Waals surface area (Å²) in [5, 5.41) is 8.65. The number of rotatable bonds is 4. The summed E-state index contributed by atoms with van der Waals surface area (Å²) in [6, 6.07) is 7.05. The molecular formula is C15H19NO4S. The second-order valence-electron chi connectivity index (χ2n) is 5.15. The third-order valence-corrected chi connectivity index (χ3v) is 5.65. The molecule has 0 bridgehead atoms. The van der Waals surface area contributed by atoms with Crippen molar-refractivity contribution in [1.82, 2.24) is 4.31 Å². The molecule has 1 aliphatic rings. The Kier molecular flexibility index (Phi) is 4.80. The van der Waals surface area contributed by atoms with Gasteiger partial charge in [-0.1, -0.05) is 24.3 Å². The zero-order valence-electron chi connectivity index (χ0n) is 11.9. The summed E-state index contributed by atoms with van der Waals surface area (Å²) in [5.41, 5.74) is 1.61. The first-order valence-electron chi connectivity index (χ1n) is 6.90. The number of hydrogen-bond acceptors (Lipinski definition) is 3. The fourth-order valence-electron chi connectivity index (χ4n) is 2.50. The van der Waals surface area contributed by atoms with Crippen LogP contribution in [0.4, 0.5) is 0 Å². The van der Waals surface area contributed by atoms with Crippen molar-refractivity contribution in [3.8, 4) is 0 Å². The summed E-state index contributed by atoms with van der Waals surface area (Å²) in [6.07, 6.45) is 4.17. The zero-order valence-corrected chi connectivity index (χ0v) is 12.7. The van der Waals surface area contributed by atoms with E-state index in [9.17, 15) is 13.2 Å². The molecule has 1 unspecified atom stereocenters. The molecular weight excluding hydrogens is 290 g/mol. The van der Waals surface area contributed by atoms with Crippen molar-refractivity contribution in [3.63, 3.8) is 0 Å². The van der Waals surface area contributed by atoms with Crippen LogP contribution in [0.1, 0.15) is 36.9 Å². The predicted molar refractivity (Wildman–Crippen MR) is 81.3 cm³/mol. The second kappa shape index (κ2) is 6.41. The van der Waals surface area contributed by atoms with E-state index in [0.717, 1.165) is 23.6 Å². The molecule has 1 heterocycles. The maximum absolute atomic E-state index is 12.1. The Labute approximate surface area is 124 Å².